The normalized spacial score (nSPS) is 11.5. The average Bonchev–Trinajstić information content (AvgIpc) is 3.01. The molecule has 0 rings (SSSR count). The molecule has 0 aliphatic carbocycles. The van der Waals surface area contributed by atoms with E-state index in [-0.39, 0.29) is 13.2 Å². The number of rotatable bonds is 36. The van der Waals surface area contributed by atoms with Crippen LogP contribution in [-0.4, -0.2) is 28.7 Å². The highest BCUT2D eigenvalue weighted by Crippen LogP contribution is 2.15. The molecule has 0 spiro atoms. The number of hydrogen-bond donors (Lipinski definition) is 1. The molecule has 2 N–H and O–H groups in total. The van der Waals surface area contributed by atoms with Gasteiger partial charge in [0.1, 0.15) is 0 Å². The van der Waals surface area contributed by atoms with Crippen LogP contribution in [0.15, 0.2) is 0 Å². The zero-order valence-electron chi connectivity index (χ0n) is 29.7. The first-order valence-corrected chi connectivity index (χ1v) is 20.6. The van der Waals surface area contributed by atoms with Gasteiger partial charge in [0.05, 0.1) is 13.2 Å². The Morgan fingerprint density at radius 2 is 0.488 bits per heavy atom. The monoisotopic (exact) mass is 634 g/mol. The average molecular weight is 634 g/mol. The molecule has 0 amide bonds. The third-order valence-electron chi connectivity index (χ3n) is 8.45. The van der Waals surface area contributed by atoms with Crippen LogP contribution >= 0.6 is 0 Å². The van der Waals surface area contributed by atoms with Gasteiger partial charge in [0.25, 0.3) is 0 Å². The first kappa shape index (κ1) is 45.0. The maximum Gasteiger partial charge on any atom is 0.399 e. The minimum absolute atomic E-state index is 0.250. The van der Waals surface area contributed by atoms with Gasteiger partial charge in [-0.3, -0.25) is 0 Å². The summed E-state index contributed by atoms with van der Waals surface area (Å²) in [5, 5.41) is 0. The van der Waals surface area contributed by atoms with Crippen LogP contribution < -0.4 is 5.73 Å². The molecule has 0 aromatic heterocycles. The molecule has 0 heterocycles. The van der Waals surface area contributed by atoms with Crippen molar-refractivity contribution in [1.82, 2.24) is 0 Å². The fourth-order valence-corrected chi connectivity index (χ4v) is 6.37. The van der Waals surface area contributed by atoms with E-state index in [0.29, 0.717) is 0 Å². The molecule has 0 saturated carbocycles. The lowest BCUT2D eigenvalue weighted by molar-refractivity contribution is 0.208. The van der Waals surface area contributed by atoms with Crippen molar-refractivity contribution in [3.63, 3.8) is 0 Å². The van der Waals surface area contributed by atoms with Gasteiger partial charge in [0.15, 0.2) is 0 Å². The molecule has 0 aliphatic heterocycles. The third-order valence-corrected chi connectivity index (χ3v) is 9.36. The van der Waals surface area contributed by atoms with Crippen LogP contribution in [0, 0.1) is 0 Å². The topological polar surface area (TPSA) is 78.6 Å². The first-order chi connectivity index (χ1) is 21.1. The number of nitrogens with two attached hydrogens (primary N) is 1. The maximum atomic E-state index is 11.9. The van der Waals surface area contributed by atoms with E-state index in [4.69, 9.17) is 8.37 Å². The molecule has 0 bridgehead atoms. The van der Waals surface area contributed by atoms with E-state index in [2.05, 4.69) is 19.6 Å². The van der Waals surface area contributed by atoms with E-state index >= 15 is 0 Å². The predicted octanol–water partition coefficient (Wildman–Crippen LogP) is 12.4. The Morgan fingerprint density at radius 3 is 0.674 bits per heavy atom. The van der Waals surface area contributed by atoms with E-state index in [9.17, 15) is 8.42 Å². The summed E-state index contributed by atoms with van der Waals surface area (Å²) in [4.78, 5) is 0. The van der Waals surface area contributed by atoms with Gasteiger partial charge in [-0.1, -0.05) is 206 Å². The Hall–Kier alpha value is -0.170. The number of unbranched alkanes of at least 4 members (excludes halogenated alkanes) is 30. The summed E-state index contributed by atoms with van der Waals surface area (Å²) in [6, 6.07) is 0. The summed E-state index contributed by atoms with van der Waals surface area (Å²) in [5.41, 5.74) is 4.50. The van der Waals surface area contributed by atoms with Crippen molar-refractivity contribution in [2.45, 2.75) is 219 Å². The molecular weight excluding hydrogens is 554 g/mol. The Kier molecular flexibility index (Phi) is 41.7. The smallest absolute Gasteiger partial charge is 0.333 e. The van der Waals surface area contributed by atoms with E-state index < -0.39 is 10.4 Å². The highest BCUT2D eigenvalue weighted by Gasteiger charge is 2.11. The van der Waals surface area contributed by atoms with Crippen LogP contribution in [0.5, 0.6) is 0 Å². The Morgan fingerprint density at radius 1 is 0.326 bits per heavy atom. The van der Waals surface area contributed by atoms with E-state index in [1.54, 1.807) is 0 Å². The highest BCUT2D eigenvalue weighted by atomic mass is 32.3. The highest BCUT2D eigenvalue weighted by molar-refractivity contribution is 7.81. The summed E-state index contributed by atoms with van der Waals surface area (Å²) < 4.78 is 33.9. The lowest BCUT2D eigenvalue weighted by Crippen LogP contribution is -2.12. The molecule has 0 aliphatic rings. The van der Waals surface area contributed by atoms with Crippen molar-refractivity contribution in [3.8, 4) is 0 Å². The Bertz CT molecular complexity index is 541. The Balaban J connectivity index is 0. The van der Waals surface area contributed by atoms with Crippen molar-refractivity contribution in [3.05, 3.63) is 0 Å². The predicted molar refractivity (Wildman–Crippen MR) is 190 cm³/mol. The molecule has 262 valence electrons. The van der Waals surface area contributed by atoms with Crippen molar-refractivity contribution in [2.75, 3.05) is 20.3 Å². The zero-order valence-corrected chi connectivity index (χ0v) is 30.5. The van der Waals surface area contributed by atoms with E-state index in [1.165, 1.54) is 187 Å². The minimum atomic E-state index is -3.82. The van der Waals surface area contributed by atoms with Gasteiger partial charge in [0.2, 0.25) is 0 Å². The van der Waals surface area contributed by atoms with Gasteiger partial charge in [-0.25, -0.2) is 8.37 Å². The molecule has 43 heavy (non-hydrogen) atoms. The third kappa shape index (κ3) is 41.8. The summed E-state index contributed by atoms with van der Waals surface area (Å²) in [7, 11) is -2.32. The molecule has 0 atom stereocenters. The van der Waals surface area contributed by atoms with Gasteiger partial charge in [-0.2, -0.15) is 8.42 Å². The summed E-state index contributed by atoms with van der Waals surface area (Å²) in [6.07, 6.45) is 41.8. The van der Waals surface area contributed by atoms with Crippen molar-refractivity contribution in [2.24, 2.45) is 5.73 Å². The van der Waals surface area contributed by atoms with Gasteiger partial charge < -0.3 is 5.73 Å². The molecule has 0 fully saturated rings. The lowest BCUT2D eigenvalue weighted by Gasteiger charge is -2.07. The summed E-state index contributed by atoms with van der Waals surface area (Å²) in [6.45, 7) is 5.06. The molecule has 0 radical (unpaired) electrons. The molecule has 0 unspecified atom stereocenters. The lowest BCUT2D eigenvalue weighted by atomic mass is 10.0. The fourth-order valence-electron chi connectivity index (χ4n) is 5.66. The van der Waals surface area contributed by atoms with Crippen LogP contribution in [0.2, 0.25) is 0 Å². The van der Waals surface area contributed by atoms with Crippen LogP contribution in [0.4, 0.5) is 0 Å². The van der Waals surface area contributed by atoms with Gasteiger partial charge >= 0.3 is 10.4 Å². The van der Waals surface area contributed by atoms with Crippen LogP contribution in [0.25, 0.3) is 0 Å². The molecule has 0 aromatic carbocycles. The van der Waals surface area contributed by atoms with Crippen LogP contribution in [-0.2, 0) is 18.8 Å². The first-order valence-electron chi connectivity index (χ1n) is 19.2. The second-order valence-corrected chi connectivity index (χ2v) is 13.9. The van der Waals surface area contributed by atoms with Crippen LogP contribution in [0.1, 0.15) is 219 Å². The van der Waals surface area contributed by atoms with Gasteiger partial charge in [0, 0.05) is 0 Å². The summed E-state index contributed by atoms with van der Waals surface area (Å²) >= 11 is 0. The van der Waals surface area contributed by atoms with Crippen LogP contribution in [0.3, 0.4) is 0 Å². The van der Waals surface area contributed by atoms with E-state index in [0.717, 1.165) is 25.7 Å². The molecular formula is C37H79NO4S. The standard InChI is InChI=1S/C36H74O4S.CH5N/c1-3-5-7-9-11-13-15-17-19-21-23-25-27-29-31-33-35-39-41(37,38)40-36-34-32-30-28-26-24-22-20-18-16-14-12-10-8-6-4-2;1-2/h3-36H2,1-2H3;2H2,1H3. The maximum absolute atomic E-state index is 11.9. The SMILES string of the molecule is CCCCCCCCCCCCCCCCCCOS(=O)(=O)OCCCCCCCCCCCCCCCCCC.CN. The second kappa shape index (κ2) is 39.9. The van der Waals surface area contributed by atoms with Crippen molar-refractivity contribution in [1.29, 1.82) is 0 Å². The summed E-state index contributed by atoms with van der Waals surface area (Å²) in [5.74, 6) is 0. The van der Waals surface area contributed by atoms with Crippen molar-refractivity contribution < 1.29 is 16.8 Å². The van der Waals surface area contributed by atoms with Gasteiger partial charge in [-0.05, 0) is 19.9 Å². The molecule has 5 nitrogen and oxygen atoms in total. The van der Waals surface area contributed by atoms with Gasteiger partial charge in [-0.15, -0.1) is 0 Å². The fraction of sp³-hybridized carbons (Fsp3) is 1.00. The minimum Gasteiger partial charge on any atom is -0.333 e. The largest absolute Gasteiger partial charge is 0.399 e. The second-order valence-electron chi connectivity index (χ2n) is 12.7. The molecule has 0 saturated heterocycles. The zero-order chi connectivity index (χ0) is 32.0. The van der Waals surface area contributed by atoms with Crippen molar-refractivity contribution >= 4 is 10.4 Å². The molecule has 0 aromatic rings. The quantitative estimate of drug-likeness (QED) is 0.0694. The molecule has 6 heteroatoms. The Labute approximate surface area is 271 Å². The number of hydrogen-bond acceptors (Lipinski definition) is 5. The van der Waals surface area contributed by atoms with E-state index in [1.807, 2.05) is 0 Å².